The molecule has 0 aliphatic heterocycles. The largest absolute Gasteiger partial charge is 0.464 e. The summed E-state index contributed by atoms with van der Waals surface area (Å²) in [6.45, 7) is 6.21. The number of aryl methyl sites for hydroxylation is 1. The molecule has 0 spiro atoms. The summed E-state index contributed by atoms with van der Waals surface area (Å²) in [6.07, 6.45) is 1.76. The van der Waals surface area contributed by atoms with Gasteiger partial charge in [0, 0.05) is 18.0 Å². The molecule has 2 amide bonds. The second-order valence-corrected chi connectivity index (χ2v) is 8.51. The number of rotatable bonds is 6. The van der Waals surface area contributed by atoms with Gasteiger partial charge in [0.25, 0.3) is 0 Å². The number of nitrogens with zero attached hydrogens (tertiary/aromatic N) is 1. The maximum absolute atomic E-state index is 12.7. The number of furan rings is 1. The third-order valence-electron chi connectivity index (χ3n) is 5.04. The van der Waals surface area contributed by atoms with E-state index in [2.05, 4.69) is 32.2 Å². The molecule has 0 unspecified atom stereocenters. The van der Waals surface area contributed by atoms with Crippen molar-refractivity contribution in [1.82, 2.24) is 4.90 Å². The Bertz CT molecular complexity index is 1090. The Morgan fingerprint density at radius 3 is 2.47 bits per heavy atom. The number of carbonyl (C=O) groups is 2. The molecule has 0 aliphatic carbocycles. The van der Waals surface area contributed by atoms with Crippen LogP contribution >= 0.6 is 23.2 Å². The lowest BCUT2D eigenvalue weighted by atomic mass is 9.95. The highest BCUT2D eigenvalue weighted by molar-refractivity contribution is 6.39. The van der Waals surface area contributed by atoms with E-state index in [4.69, 9.17) is 27.6 Å². The van der Waals surface area contributed by atoms with Crippen molar-refractivity contribution in [3.63, 3.8) is 0 Å². The van der Waals surface area contributed by atoms with Crippen LogP contribution in [0.25, 0.3) is 11.0 Å². The molecule has 0 bridgehead atoms. The highest BCUT2D eigenvalue weighted by Gasteiger charge is 2.18. The van der Waals surface area contributed by atoms with Crippen molar-refractivity contribution < 1.29 is 14.0 Å². The standard InChI is InChI=1S/C23H24Cl2N2O3/c1-13(2)16-10-17-15(12-30-20(17)8-14(16)3)9-22(29)27(4)11-21(28)26-23-18(24)6-5-7-19(23)25/h5-8,10,12-13H,9,11H2,1-4H3,(H,26,28). The summed E-state index contributed by atoms with van der Waals surface area (Å²) < 4.78 is 5.65. The van der Waals surface area contributed by atoms with Crippen LogP contribution in [0.15, 0.2) is 41.0 Å². The van der Waals surface area contributed by atoms with E-state index in [1.54, 1.807) is 31.5 Å². The Morgan fingerprint density at radius 1 is 1.17 bits per heavy atom. The van der Waals surface area contributed by atoms with Crippen molar-refractivity contribution in [3.05, 3.63) is 63.3 Å². The molecular formula is C23H24Cl2N2O3. The molecule has 0 saturated carbocycles. The summed E-state index contributed by atoms with van der Waals surface area (Å²) in [5.41, 5.74) is 4.29. The summed E-state index contributed by atoms with van der Waals surface area (Å²) in [5.74, 6) is -0.198. The number of halogens is 2. The Labute approximate surface area is 185 Å². The molecule has 3 rings (SSSR count). The van der Waals surface area contributed by atoms with Crippen molar-refractivity contribution in [2.24, 2.45) is 0 Å². The van der Waals surface area contributed by atoms with E-state index in [0.29, 0.717) is 21.7 Å². The summed E-state index contributed by atoms with van der Waals surface area (Å²) in [7, 11) is 1.59. The minimum Gasteiger partial charge on any atom is -0.464 e. The zero-order valence-corrected chi connectivity index (χ0v) is 18.9. The lowest BCUT2D eigenvalue weighted by molar-refractivity contribution is -0.132. The first-order chi connectivity index (χ1) is 14.2. The van der Waals surface area contributed by atoms with Crippen molar-refractivity contribution in [3.8, 4) is 0 Å². The zero-order chi connectivity index (χ0) is 22.0. The van der Waals surface area contributed by atoms with Crippen LogP contribution in [0.5, 0.6) is 0 Å². The van der Waals surface area contributed by atoms with Gasteiger partial charge in [0.2, 0.25) is 11.8 Å². The van der Waals surface area contributed by atoms with Gasteiger partial charge >= 0.3 is 0 Å². The van der Waals surface area contributed by atoms with Crippen LogP contribution in [0, 0.1) is 6.92 Å². The predicted molar refractivity (Wildman–Crippen MR) is 121 cm³/mol. The van der Waals surface area contributed by atoms with E-state index in [1.165, 1.54) is 10.5 Å². The molecule has 1 aromatic heterocycles. The van der Waals surface area contributed by atoms with E-state index in [0.717, 1.165) is 22.1 Å². The van der Waals surface area contributed by atoms with Gasteiger partial charge in [-0.1, -0.05) is 43.1 Å². The molecule has 0 saturated heterocycles. The quantitative estimate of drug-likeness (QED) is 0.519. The first kappa shape index (κ1) is 22.2. The van der Waals surface area contributed by atoms with Gasteiger partial charge in [0.1, 0.15) is 5.58 Å². The SMILES string of the molecule is Cc1cc2occ(CC(=O)N(C)CC(=O)Nc3c(Cl)cccc3Cl)c2cc1C(C)C. The van der Waals surface area contributed by atoms with Gasteiger partial charge in [0.05, 0.1) is 35.0 Å². The molecule has 3 aromatic rings. The maximum atomic E-state index is 12.7. The summed E-state index contributed by atoms with van der Waals surface area (Å²) in [6, 6.07) is 9.05. The normalized spacial score (nSPS) is 11.2. The van der Waals surface area contributed by atoms with Crippen LogP contribution < -0.4 is 5.32 Å². The number of hydrogen-bond donors (Lipinski definition) is 1. The van der Waals surface area contributed by atoms with E-state index in [9.17, 15) is 9.59 Å². The highest BCUT2D eigenvalue weighted by Crippen LogP contribution is 2.30. The smallest absolute Gasteiger partial charge is 0.244 e. The van der Waals surface area contributed by atoms with E-state index in [1.807, 2.05) is 6.07 Å². The van der Waals surface area contributed by atoms with Crippen molar-refractivity contribution >= 4 is 51.7 Å². The van der Waals surface area contributed by atoms with Gasteiger partial charge in [0.15, 0.2) is 0 Å². The Kier molecular flexibility index (Phi) is 6.74. The lowest BCUT2D eigenvalue weighted by Gasteiger charge is -2.17. The minimum atomic E-state index is -0.379. The molecule has 158 valence electrons. The first-order valence-corrected chi connectivity index (χ1v) is 10.4. The number of hydrogen-bond acceptors (Lipinski definition) is 3. The number of fused-ring (bicyclic) bond motifs is 1. The predicted octanol–water partition coefficient (Wildman–Crippen LogP) is 5.81. The van der Waals surface area contributed by atoms with Crippen LogP contribution in [-0.4, -0.2) is 30.3 Å². The number of amides is 2. The lowest BCUT2D eigenvalue weighted by Crippen LogP contribution is -2.35. The molecule has 0 aliphatic rings. The van der Waals surface area contributed by atoms with E-state index in [-0.39, 0.29) is 24.8 Å². The number of likely N-dealkylation sites (N-methyl/N-ethyl adjacent to an activating group) is 1. The van der Waals surface area contributed by atoms with Gasteiger partial charge in [-0.2, -0.15) is 0 Å². The van der Waals surface area contributed by atoms with Gasteiger partial charge in [-0.25, -0.2) is 0 Å². The monoisotopic (exact) mass is 446 g/mol. The summed E-state index contributed by atoms with van der Waals surface area (Å²) >= 11 is 12.2. The van der Waals surface area contributed by atoms with E-state index < -0.39 is 0 Å². The number of nitrogens with one attached hydrogen (secondary N) is 1. The van der Waals surface area contributed by atoms with Crippen molar-refractivity contribution in [2.45, 2.75) is 33.1 Å². The second-order valence-electron chi connectivity index (χ2n) is 7.69. The van der Waals surface area contributed by atoms with E-state index >= 15 is 0 Å². The van der Waals surface area contributed by atoms with Gasteiger partial charge < -0.3 is 14.6 Å². The fraction of sp³-hybridized carbons (Fsp3) is 0.304. The van der Waals surface area contributed by atoms with Gasteiger partial charge in [-0.3, -0.25) is 9.59 Å². The Balaban J connectivity index is 1.70. The van der Waals surface area contributed by atoms with Crippen LogP contribution in [0.4, 0.5) is 5.69 Å². The molecular weight excluding hydrogens is 423 g/mol. The molecule has 0 radical (unpaired) electrons. The second kappa shape index (κ2) is 9.11. The van der Waals surface area contributed by atoms with Gasteiger partial charge in [-0.05, 0) is 48.2 Å². The van der Waals surface area contributed by atoms with Crippen LogP contribution in [0.3, 0.4) is 0 Å². The third-order valence-corrected chi connectivity index (χ3v) is 5.67. The summed E-state index contributed by atoms with van der Waals surface area (Å²) in [4.78, 5) is 26.4. The molecule has 2 aromatic carbocycles. The first-order valence-electron chi connectivity index (χ1n) is 9.65. The average molecular weight is 447 g/mol. The molecule has 1 N–H and O–H groups in total. The number of anilines is 1. The third kappa shape index (κ3) is 4.79. The topological polar surface area (TPSA) is 62.6 Å². The highest BCUT2D eigenvalue weighted by atomic mass is 35.5. The van der Waals surface area contributed by atoms with Gasteiger partial charge in [-0.15, -0.1) is 0 Å². The van der Waals surface area contributed by atoms with Crippen LogP contribution in [-0.2, 0) is 16.0 Å². The molecule has 7 heteroatoms. The van der Waals surface area contributed by atoms with Crippen LogP contribution in [0.1, 0.15) is 36.5 Å². The molecule has 0 fully saturated rings. The Morgan fingerprint density at radius 2 is 1.83 bits per heavy atom. The zero-order valence-electron chi connectivity index (χ0n) is 17.4. The fourth-order valence-electron chi connectivity index (χ4n) is 3.40. The number of para-hydroxylation sites is 1. The number of benzene rings is 2. The molecule has 0 atom stereocenters. The van der Waals surface area contributed by atoms with Crippen molar-refractivity contribution in [1.29, 1.82) is 0 Å². The molecule has 1 heterocycles. The van der Waals surface area contributed by atoms with Crippen molar-refractivity contribution in [2.75, 3.05) is 18.9 Å². The Hall–Kier alpha value is -2.50. The minimum absolute atomic E-state index is 0.119. The average Bonchev–Trinajstić information content (AvgIpc) is 3.05. The maximum Gasteiger partial charge on any atom is 0.244 e. The molecule has 5 nitrogen and oxygen atoms in total. The summed E-state index contributed by atoms with van der Waals surface area (Å²) in [5, 5.41) is 4.27. The molecule has 30 heavy (non-hydrogen) atoms. The fourth-order valence-corrected chi connectivity index (χ4v) is 3.89. The van der Waals surface area contributed by atoms with Crippen LogP contribution in [0.2, 0.25) is 10.0 Å². The number of carbonyl (C=O) groups excluding carboxylic acids is 2.